The number of ether oxygens (including phenoxy) is 6. The number of rotatable bonds is 21. The molecule has 0 amide bonds. The van der Waals surface area contributed by atoms with E-state index >= 15 is 0 Å². The van der Waals surface area contributed by atoms with Gasteiger partial charge in [0.2, 0.25) is 11.8 Å². The number of halogens is 4. The zero-order chi connectivity index (χ0) is 82.3. The highest BCUT2D eigenvalue weighted by Gasteiger charge is 2.36. The summed E-state index contributed by atoms with van der Waals surface area (Å²) in [6, 6.07) is 53.5. The second-order valence-electron chi connectivity index (χ2n) is 28.2. The van der Waals surface area contributed by atoms with Gasteiger partial charge in [-0.25, -0.2) is 52.2 Å². The van der Waals surface area contributed by atoms with Gasteiger partial charge < -0.3 is 66.7 Å². The molecule has 5 N–H and O–H groups in total. The van der Waals surface area contributed by atoms with Gasteiger partial charge in [-0.1, -0.05) is 121 Å². The zero-order valence-corrected chi connectivity index (χ0v) is 63.6. The maximum atomic E-state index is 13.3. The van der Waals surface area contributed by atoms with Crippen LogP contribution < -0.4 is 42.3 Å². The van der Waals surface area contributed by atoms with E-state index in [1.165, 1.54) is 110 Å². The van der Waals surface area contributed by atoms with Crippen molar-refractivity contribution in [1.29, 1.82) is 0 Å². The molecule has 18 rings (SSSR count). The summed E-state index contributed by atoms with van der Waals surface area (Å²) in [6.07, 6.45) is 13.0. The molecule has 0 aliphatic heterocycles. The van der Waals surface area contributed by atoms with Gasteiger partial charge in [0.25, 0.3) is 11.1 Å². The summed E-state index contributed by atoms with van der Waals surface area (Å²) in [5.41, 5.74) is 4.61. The van der Waals surface area contributed by atoms with E-state index in [2.05, 4.69) is 59.5 Å². The van der Waals surface area contributed by atoms with Crippen LogP contribution in [0, 0.1) is 23.3 Å². The van der Waals surface area contributed by atoms with Crippen LogP contribution in [0.4, 0.5) is 17.6 Å². The molecule has 0 spiro atoms. The lowest BCUT2D eigenvalue weighted by molar-refractivity contribution is -0.135. The van der Waals surface area contributed by atoms with E-state index < -0.39 is 24.4 Å². The Hall–Kier alpha value is -12.3. The monoisotopic (exact) mass is 1610 g/mol. The summed E-state index contributed by atoms with van der Waals surface area (Å²) in [7, 11) is 1.82. The van der Waals surface area contributed by atoms with Crippen LogP contribution in [-0.2, 0) is 66.0 Å². The Morgan fingerprint density at radius 3 is 1.25 bits per heavy atom. The number of aromatic amines is 1. The summed E-state index contributed by atoms with van der Waals surface area (Å²) in [4.78, 5) is 74.6. The number of hydrogen-bond donors (Lipinski definition) is 5. The van der Waals surface area contributed by atoms with Gasteiger partial charge in [-0.05, 0) is 83.5 Å². The van der Waals surface area contributed by atoms with Gasteiger partial charge in [0.05, 0.1) is 69.0 Å². The molecule has 34 heteroatoms. The summed E-state index contributed by atoms with van der Waals surface area (Å²) in [6.45, 7) is 1.94. The number of ketones is 1. The lowest BCUT2D eigenvalue weighted by Gasteiger charge is -2.35. The zero-order valence-electron chi connectivity index (χ0n) is 63.6. The van der Waals surface area contributed by atoms with Gasteiger partial charge in [0.1, 0.15) is 90.4 Å². The molecule has 7 aromatic carbocycles. The predicted molar refractivity (Wildman–Crippen MR) is 418 cm³/mol. The number of H-pyrrole nitrogens is 1. The first-order valence-corrected chi connectivity index (χ1v) is 37.6. The summed E-state index contributed by atoms with van der Waals surface area (Å²) in [5.74, 6) is -0.522. The van der Waals surface area contributed by atoms with Gasteiger partial charge in [-0.2, -0.15) is 4.68 Å². The van der Waals surface area contributed by atoms with Crippen molar-refractivity contribution in [2.24, 2.45) is 14.1 Å². The molecule has 5 fully saturated rings. The van der Waals surface area contributed by atoms with Crippen molar-refractivity contribution in [2.45, 2.75) is 152 Å². The molecule has 5 aliphatic rings. The number of fused-ring (bicyclic) bond motifs is 2. The SMILES string of the molecule is Cn1cnc2ncn(Cc3n[nH]c(=O)o3)c(=O)c21.Cn1cnc2ncn(Cc3nn(C4CC(Oc5cccc(F)c5)C4)c(=O)o3)c(=O)c21.Fc1cccc(OC2CC(OCc3ccccc3)C2)c1.O=C1CC(OCc2ccccc2)C1.OB(O)c1cccc(F)c1.OC1CC(OCc2ccccc2)C1.OC1CC(Oc2cccc(F)c2)C1. The third kappa shape index (κ3) is 24.9. The van der Waals surface area contributed by atoms with E-state index in [0.717, 1.165) is 31.7 Å². The minimum atomic E-state index is -1.59. The standard InChI is InChI=1S/C19H17FN6O4.C17H17FO2.C11H14O2.C11H12O2.C10H11FO2.C9H8N6O3.C6H6BFO2/c1-24-9-21-17-16(24)18(27)25(10-22-17)8-15-23-26(19(28)30-15)12-6-14(7-12)29-13-4-2-3-11(20)5-13;18-14-7-4-8-15(9-14)20-17-10-16(11-17)19-12-13-5-2-1-3-6-13;2*12-10-6-11(7-10)13-8-9-4-2-1-3-5-9;11-7-2-1-3-9(4-7)13-10-5-8(12)6-10;1-14-3-10-7-6(14)8(16)15(4-11-7)2-5-12-13-9(17)18-5;8-6-3-1-2-5(4-6)7(9)10/h2-5,9-10,12,14H,6-8H2,1H3;1-9,16-17H,10-12H2;1-5,10-12H,6-8H2;1-5,11H,6-8H2;1-4,8,10,12H,5-6H2;3-4H,2H2,1H3,(H,13,17);1-4,9-10H. The lowest BCUT2D eigenvalue weighted by Crippen LogP contribution is -2.39. The van der Waals surface area contributed by atoms with Crippen LogP contribution in [0.5, 0.6) is 17.2 Å². The topological polar surface area (TPSA) is 366 Å². The molecule has 29 nitrogen and oxygen atoms in total. The van der Waals surface area contributed by atoms with Crippen molar-refractivity contribution in [3.63, 3.8) is 0 Å². The average Bonchev–Trinajstić information content (AvgIpc) is 1.65. The van der Waals surface area contributed by atoms with Crippen molar-refractivity contribution in [1.82, 2.24) is 58.2 Å². The van der Waals surface area contributed by atoms with E-state index in [0.29, 0.717) is 104 Å². The Morgan fingerprint density at radius 1 is 0.453 bits per heavy atom. The van der Waals surface area contributed by atoms with E-state index in [1.807, 2.05) is 66.7 Å². The Kier molecular flexibility index (Phi) is 29.3. The highest BCUT2D eigenvalue weighted by atomic mass is 19.1. The Bertz CT molecular complexity index is 5580. The number of imidazole rings is 2. The van der Waals surface area contributed by atoms with Crippen molar-refractivity contribution in [3.05, 3.63) is 307 Å². The second-order valence-corrected chi connectivity index (χ2v) is 28.2. The smallest absolute Gasteiger partial charge is 0.488 e. The Labute approximate surface area is 666 Å². The van der Waals surface area contributed by atoms with Crippen LogP contribution in [0.15, 0.2) is 241 Å². The summed E-state index contributed by atoms with van der Waals surface area (Å²) >= 11 is 0. The predicted octanol–water partition coefficient (Wildman–Crippen LogP) is 8.95. The van der Waals surface area contributed by atoms with Gasteiger partial charge >= 0.3 is 18.6 Å². The second kappa shape index (κ2) is 40.8. The quantitative estimate of drug-likeness (QED) is 0.0331. The molecule has 0 saturated heterocycles. The van der Waals surface area contributed by atoms with Crippen LogP contribution >= 0.6 is 0 Å². The fourth-order valence-electron chi connectivity index (χ4n) is 12.3. The highest BCUT2D eigenvalue weighted by Crippen LogP contribution is 2.35. The van der Waals surface area contributed by atoms with Crippen LogP contribution in [-0.4, -0.2) is 140 Å². The molecule has 0 radical (unpaired) electrons. The van der Waals surface area contributed by atoms with E-state index in [-0.39, 0.29) is 114 Å². The molecular formula is C83H85BF4N12O17. The Balaban J connectivity index is 0.000000130. The van der Waals surface area contributed by atoms with E-state index in [4.69, 9.17) is 57.5 Å². The van der Waals surface area contributed by atoms with Crippen LogP contribution in [0.1, 0.15) is 98.7 Å². The maximum Gasteiger partial charge on any atom is 0.488 e. The number of nitrogens with zero attached hydrogens (tertiary/aromatic N) is 11. The molecule has 0 bridgehead atoms. The number of benzene rings is 7. The minimum Gasteiger partial charge on any atom is -0.490 e. The van der Waals surface area contributed by atoms with Gasteiger partial charge in [0, 0.05) is 83.7 Å². The van der Waals surface area contributed by atoms with Crippen LogP contribution in [0.3, 0.4) is 0 Å². The Morgan fingerprint density at radius 2 is 0.846 bits per heavy atom. The molecule has 5 saturated carbocycles. The fourth-order valence-corrected chi connectivity index (χ4v) is 12.3. The van der Waals surface area contributed by atoms with E-state index in [9.17, 15) is 41.5 Å². The number of aliphatic hydroxyl groups excluding tert-OH is 2. The molecule has 13 aromatic rings. The van der Waals surface area contributed by atoms with Crippen LogP contribution in [0.25, 0.3) is 22.3 Å². The number of aliphatic hydroxyl groups is 2. The fraction of sp³-hybridized carbons (Fsp3) is 0.313. The summed E-state index contributed by atoms with van der Waals surface area (Å²) in [5, 5.41) is 45.1. The number of carbonyl (C=O) groups is 1. The van der Waals surface area contributed by atoms with Gasteiger partial charge in [0.15, 0.2) is 22.3 Å². The minimum absolute atomic E-state index is 0.0227. The molecular weight excluding hydrogens is 1520 g/mol. The summed E-state index contributed by atoms with van der Waals surface area (Å²) < 4.78 is 102. The largest absolute Gasteiger partial charge is 0.490 e. The van der Waals surface area contributed by atoms with Crippen molar-refractivity contribution in [2.75, 3.05) is 0 Å². The van der Waals surface area contributed by atoms with Gasteiger partial charge in [-0.15, -0.1) is 10.2 Å². The molecule has 0 unspecified atom stereocenters. The average molecular weight is 1610 g/mol. The van der Waals surface area contributed by atoms with E-state index in [1.54, 1.807) is 59.6 Å². The number of carbonyl (C=O) groups excluding carboxylic acids is 1. The first kappa shape index (κ1) is 84.1. The highest BCUT2D eigenvalue weighted by molar-refractivity contribution is 6.58. The molecule has 117 heavy (non-hydrogen) atoms. The normalized spacial score (nSPS) is 18.7. The van der Waals surface area contributed by atoms with Gasteiger partial charge in [-0.3, -0.25) is 23.5 Å². The van der Waals surface area contributed by atoms with Crippen LogP contribution in [0.2, 0.25) is 0 Å². The first-order chi connectivity index (χ1) is 56.5. The number of Topliss-reactive ketones (excluding diaryl/α,β-unsaturated/α-hetero) is 1. The molecule has 0 atom stereocenters. The number of aromatic nitrogens is 12. The van der Waals surface area contributed by atoms with Crippen molar-refractivity contribution < 1.29 is 79.9 Å². The molecule has 5 aliphatic carbocycles. The number of aryl methyl sites for hydroxylation is 2. The number of nitrogens with one attached hydrogen (secondary N) is 1. The third-order valence-corrected chi connectivity index (χ3v) is 19.1. The number of hydrogen-bond acceptors (Lipinski definition) is 23. The van der Waals surface area contributed by atoms with Crippen molar-refractivity contribution in [3.8, 4) is 17.2 Å². The lowest BCUT2D eigenvalue weighted by atomic mass is 9.80. The first-order valence-electron chi connectivity index (χ1n) is 37.6. The van der Waals surface area contributed by atoms with Crippen molar-refractivity contribution >= 4 is 40.7 Å². The molecule has 610 valence electrons. The third-order valence-electron chi connectivity index (χ3n) is 19.1. The molecule has 6 heterocycles. The maximum absolute atomic E-state index is 13.3. The molecule has 6 aromatic heterocycles.